The molecule has 0 aromatic carbocycles. The second kappa shape index (κ2) is 4.26. The van der Waals surface area contributed by atoms with Crippen LogP contribution in [-0.2, 0) is 0 Å². The van der Waals surface area contributed by atoms with Crippen molar-refractivity contribution in [3.05, 3.63) is 33.5 Å². The first-order valence-corrected chi connectivity index (χ1v) is 5.56. The molecule has 0 saturated carbocycles. The molecule has 3 nitrogen and oxygen atoms in total. The van der Waals surface area contributed by atoms with Crippen LogP contribution in [0.1, 0.15) is 10.4 Å². The first kappa shape index (κ1) is 10.5. The lowest BCUT2D eigenvalue weighted by molar-refractivity contribution is 0.112. The predicted octanol–water partition coefficient (Wildman–Crippen LogP) is 3.32. The van der Waals surface area contributed by atoms with E-state index in [1.54, 1.807) is 6.07 Å². The minimum atomic E-state index is 0.138. The summed E-state index contributed by atoms with van der Waals surface area (Å²) in [6.07, 6.45) is 1.94. The molecule has 76 valence electrons. The Bertz CT molecular complexity index is 513. The third kappa shape index (κ3) is 1.88. The van der Waals surface area contributed by atoms with Crippen LogP contribution in [0.5, 0.6) is 0 Å². The molecule has 0 aliphatic carbocycles. The molecule has 0 aliphatic rings. The molecule has 15 heavy (non-hydrogen) atoms. The number of aromatic nitrogens is 2. The number of carbonyl (C=O) groups excluding carboxylic acids is 1. The summed E-state index contributed by atoms with van der Waals surface area (Å²) in [5, 5.41) is 2.51. The maximum absolute atomic E-state index is 10.9. The van der Waals surface area contributed by atoms with Gasteiger partial charge in [-0.2, -0.15) is 0 Å². The largest absolute Gasteiger partial charge is 0.298 e. The van der Waals surface area contributed by atoms with Gasteiger partial charge in [0, 0.05) is 0 Å². The highest BCUT2D eigenvalue weighted by atomic mass is 35.5. The summed E-state index contributed by atoms with van der Waals surface area (Å²) in [7, 11) is 0. The number of hydrogen-bond donors (Lipinski definition) is 0. The molecule has 0 radical (unpaired) electrons. The van der Waals surface area contributed by atoms with Crippen molar-refractivity contribution in [3.63, 3.8) is 0 Å². The summed E-state index contributed by atoms with van der Waals surface area (Å²) in [5.74, 6) is 0. The highest BCUT2D eigenvalue weighted by Crippen LogP contribution is 2.34. The quantitative estimate of drug-likeness (QED) is 0.613. The van der Waals surface area contributed by atoms with Crippen molar-refractivity contribution >= 4 is 40.8 Å². The predicted molar refractivity (Wildman–Crippen MR) is 60.8 cm³/mol. The molecule has 2 aromatic rings. The number of nitrogens with zero attached hydrogens (tertiary/aromatic N) is 2. The highest BCUT2D eigenvalue weighted by molar-refractivity contribution is 7.14. The molecule has 2 aromatic heterocycles. The maximum atomic E-state index is 10.9. The van der Waals surface area contributed by atoms with Crippen molar-refractivity contribution in [1.29, 1.82) is 0 Å². The Hall–Kier alpha value is -0.970. The van der Waals surface area contributed by atoms with E-state index in [1.165, 1.54) is 17.7 Å². The molecule has 0 saturated heterocycles. The van der Waals surface area contributed by atoms with Gasteiger partial charge in [0.05, 0.1) is 21.2 Å². The molecule has 0 unspecified atom stereocenters. The van der Waals surface area contributed by atoms with Crippen LogP contribution in [0.25, 0.3) is 10.6 Å². The van der Waals surface area contributed by atoms with Gasteiger partial charge in [0.25, 0.3) is 0 Å². The lowest BCUT2D eigenvalue weighted by Gasteiger charge is -2.02. The Morgan fingerprint density at radius 3 is 2.73 bits per heavy atom. The number of carbonyl (C=O) groups is 1. The van der Waals surface area contributed by atoms with E-state index in [-0.39, 0.29) is 10.7 Å². The lowest BCUT2D eigenvalue weighted by Crippen LogP contribution is -1.94. The number of rotatable bonds is 2. The maximum Gasteiger partial charge on any atom is 0.155 e. The van der Waals surface area contributed by atoms with Crippen LogP contribution in [0.4, 0.5) is 0 Å². The monoisotopic (exact) mass is 258 g/mol. The SMILES string of the molecule is O=Cc1c(Cl)ncnc1-c1sccc1Cl. The fourth-order valence-corrected chi connectivity index (χ4v) is 2.46. The van der Waals surface area contributed by atoms with Gasteiger partial charge in [-0.05, 0) is 11.4 Å². The van der Waals surface area contributed by atoms with Crippen LogP contribution in [0.15, 0.2) is 17.8 Å². The average Bonchev–Trinajstić information content (AvgIpc) is 2.64. The Balaban J connectivity index is 2.68. The number of halogens is 2. The number of hydrogen-bond acceptors (Lipinski definition) is 4. The summed E-state index contributed by atoms with van der Waals surface area (Å²) in [6, 6.07) is 1.74. The molecule has 0 aliphatic heterocycles. The molecule has 2 heterocycles. The van der Waals surface area contributed by atoms with Crippen LogP contribution < -0.4 is 0 Å². The molecule has 6 heteroatoms. The smallest absolute Gasteiger partial charge is 0.155 e. The zero-order chi connectivity index (χ0) is 10.8. The average molecular weight is 259 g/mol. The standard InChI is InChI=1S/C9H4Cl2N2OS/c10-6-1-2-15-8(6)7-5(3-14)9(11)13-4-12-7/h1-4H. The van der Waals surface area contributed by atoms with Gasteiger partial charge in [-0.3, -0.25) is 4.79 Å². The van der Waals surface area contributed by atoms with Crippen molar-refractivity contribution in [2.75, 3.05) is 0 Å². The Labute approximate surface area is 99.7 Å². The van der Waals surface area contributed by atoms with E-state index in [1.807, 2.05) is 5.38 Å². The zero-order valence-electron chi connectivity index (χ0n) is 7.28. The molecule has 0 fully saturated rings. The van der Waals surface area contributed by atoms with Crippen molar-refractivity contribution < 1.29 is 4.79 Å². The van der Waals surface area contributed by atoms with Crippen molar-refractivity contribution in [2.24, 2.45) is 0 Å². The van der Waals surface area contributed by atoms with E-state index < -0.39 is 0 Å². The van der Waals surface area contributed by atoms with Gasteiger partial charge in [0.15, 0.2) is 6.29 Å². The van der Waals surface area contributed by atoms with Crippen LogP contribution >= 0.6 is 34.5 Å². The number of aldehydes is 1. The van der Waals surface area contributed by atoms with Crippen molar-refractivity contribution in [1.82, 2.24) is 9.97 Å². The summed E-state index contributed by atoms with van der Waals surface area (Å²) in [4.78, 5) is 19.3. The third-order valence-electron chi connectivity index (χ3n) is 1.79. The summed E-state index contributed by atoms with van der Waals surface area (Å²) in [6.45, 7) is 0. The second-order valence-electron chi connectivity index (χ2n) is 2.64. The first-order valence-electron chi connectivity index (χ1n) is 3.93. The van der Waals surface area contributed by atoms with Gasteiger partial charge in [0.2, 0.25) is 0 Å². The van der Waals surface area contributed by atoms with Crippen molar-refractivity contribution in [2.45, 2.75) is 0 Å². The lowest BCUT2D eigenvalue weighted by atomic mass is 10.2. The van der Waals surface area contributed by atoms with Crippen LogP contribution in [0.3, 0.4) is 0 Å². The Morgan fingerprint density at radius 2 is 2.13 bits per heavy atom. The summed E-state index contributed by atoms with van der Waals surface area (Å²) < 4.78 is 0. The molecule has 0 spiro atoms. The Morgan fingerprint density at radius 1 is 1.33 bits per heavy atom. The highest BCUT2D eigenvalue weighted by Gasteiger charge is 2.14. The molecule has 2 rings (SSSR count). The first-order chi connectivity index (χ1) is 7.24. The van der Waals surface area contributed by atoms with Gasteiger partial charge >= 0.3 is 0 Å². The Kier molecular flexibility index (Phi) is 3.00. The van der Waals surface area contributed by atoms with Crippen LogP contribution in [0, 0.1) is 0 Å². The molecule has 0 atom stereocenters. The molecule has 0 amide bonds. The van der Waals surface area contributed by atoms with E-state index in [2.05, 4.69) is 9.97 Å². The second-order valence-corrected chi connectivity index (χ2v) is 4.32. The van der Waals surface area contributed by atoms with Crippen LogP contribution in [-0.4, -0.2) is 16.3 Å². The minimum absolute atomic E-state index is 0.138. The van der Waals surface area contributed by atoms with E-state index >= 15 is 0 Å². The van der Waals surface area contributed by atoms with Gasteiger partial charge in [0.1, 0.15) is 11.5 Å². The minimum Gasteiger partial charge on any atom is -0.298 e. The van der Waals surface area contributed by atoms with Gasteiger partial charge in [-0.25, -0.2) is 9.97 Å². The van der Waals surface area contributed by atoms with E-state index in [4.69, 9.17) is 23.2 Å². The fourth-order valence-electron chi connectivity index (χ4n) is 1.12. The van der Waals surface area contributed by atoms with E-state index in [9.17, 15) is 4.79 Å². The third-order valence-corrected chi connectivity index (χ3v) is 3.43. The van der Waals surface area contributed by atoms with Gasteiger partial charge in [-0.1, -0.05) is 23.2 Å². The van der Waals surface area contributed by atoms with Gasteiger partial charge < -0.3 is 0 Å². The number of thiophene rings is 1. The molecular formula is C9H4Cl2N2OS. The van der Waals surface area contributed by atoms with E-state index in [0.717, 1.165) is 4.88 Å². The van der Waals surface area contributed by atoms with Gasteiger partial charge in [-0.15, -0.1) is 11.3 Å². The summed E-state index contributed by atoms with van der Waals surface area (Å²) >= 11 is 13.1. The molecule has 0 bridgehead atoms. The topological polar surface area (TPSA) is 42.9 Å². The van der Waals surface area contributed by atoms with E-state index in [0.29, 0.717) is 17.0 Å². The summed E-state index contributed by atoms with van der Waals surface area (Å²) in [5.41, 5.74) is 0.744. The molecular weight excluding hydrogens is 255 g/mol. The van der Waals surface area contributed by atoms with Crippen LogP contribution in [0.2, 0.25) is 10.2 Å². The fraction of sp³-hybridized carbons (Fsp3) is 0. The zero-order valence-corrected chi connectivity index (χ0v) is 9.60. The van der Waals surface area contributed by atoms with Crippen molar-refractivity contribution in [3.8, 4) is 10.6 Å². The molecule has 0 N–H and O–H groups in total. The normalized spacial score (nSPS) is 10.3.